The number of ether oxygens (including phenoxy) is 2. The van der Waals surface area contributed by atoms with E-state index in [1.807, 2.05) is 25.1 Å². The number of anilines is 1. The Balaban J connectivity index is 1.69. The van der Waals surface area contributed by atoms with Crippen molar-refractivity contribution in [2.45, 2.75) is 19.4 Å². The van der Waals surface area contributed by atoms with Gasteiger partial charge in [-0.25, -0.2) is 4.99 Å². The first kappa shape index (κ1) is 18.0. The Bertz CT molecular complexity index is 737. The van der Waals surface area contributed by atoms with Gasteiger partial charge in [0, 0.05) is 37.1 Å². The van der Waals surface area contributed by atoms with Crippen LogP contribution >= 0.6 is 0 Å². The van der Waals surface area contributed by atoms with Crippen LogP contribution < -0.4 is 20.1 Å². The molecule has 7 heteroatoms. The molecule has 0 aliphatic carbocycles. The van der Waals surface area contributed by atoms with Crippen LogP contribution in [0.1, 0.15) is 25.0 Å². The van der Waals surface area contributed by atoms with Gasteiger partial charge in [0.05, 0.1) is 25.9 Å². The summed E-state index contributed by atoms with van der Waals surface area (Å²) in [5.74, 6) is 2.07. The van der Waals surface area contributed by atoms with Gasteiger partial charge in [0.2, 0.25) is 0 Å². The van der Waals surface area contributed by atoms with Gasteiger partial charge >= 0.3 is 0 Å². The molecule has 0 saturated heterocycles. The van der Waals surface area contributed by atoms with E-state index in [0.717, 1.165) is 29.2 Å². The van der Waals surface area contributed by atoms with Crippen molar-refractivity contribution >= 4 is 11.6 Å². The molecule has 0 fully saturated rings. The van der Waals surface area contributed by atoms with Gasteiger partial charge in [0.25, 0.3) is 0 Å². The summed E-state index contributed by atoms with van der Waals surface area (Å²) in [6.45, 7) is 4.25. The average Bonchev–Trinajstić information content (AvgIpc) is 2.91. The number of aliphatic imine (C=N–C) groups is 1. The molecular weight excluding hydrogens is 332 g/mol. The van der Waals surface area contributed by atoms with Gasteiger partial charge in [0.15, 0.2) is 17.5 Å². The number of rotatable bonds is 5. The van der Waals surface area contributed by atoms with E-state index in [1.165, 1.54) is 0 Å². The number of hydrogen-bond acceptors (Lipinski definition) is 5. The second kappa shape index (κ2) is 9.05. The van der Waals surface area contributed by atoms with E-state index >= 15 is 0 Å². The van der Waals surface area contributed by atoms with Crippen molar-refractivity contribution in [1.29, 1.82) is 0 Å². The highest BCUT2D eigenvalue weighted by atomic mass is 16.5. The molecule has 1 aliphatic rings. The summed E-state index contributed by atoms with van der Waals surface area (Å²) in [6, 6.07) is 9.26. The predicted octanol–water partition coefficient (Wildman–Crippen LogP) is 2.35. The monoisotopic (exact) mass is 356 g/mol. The molecule has 2 heterocycles. The van der Waals surface area contributed by atoms with Crippen LogP contribution in [-0.2, 0) is 0 Å². The van der Waals surface area contributed by atoms with Gasteiger partial charge in [-0.3, -0.25) is 4.98 Å². The average molecular weight is 356 g/mol. The molecule has 2 aromatic rings. The van der Waals surface area contributed by atoms with Crippen molar-refractivity contribution in [3.63, 3.8) is 0 Å². The summed E-state index contributed by atoms with van der Waals surface area (Å²) in [5, 5.41) is 16.7. The van der Waals surface area contributed by atoms with Crippen LogP contribution in [0.15, 0.2) is 47.7 Å². The first-order chi connectivity index (χ1) is 12.8. The zero-order valence-corrected chi connectivity index (χ0v) is 14.8. The number of aromatic nitrogens is 1. The Hall–Kier alpha value is -2.80. The SMILES string of the molecule is CCNC(=NCC(O)c1ccncc1)Nc1ccc2c(c1)OCCCO2. The fourth-order valence-corrected chi connectivity index (χ4v) is 2.55. The molecule has 26 heavy (non-hydrogen) atoms. The molecule has 3 rings (SSSR count). The Kier molecular flexibility index (Phi) is 6.27. The number of nitrogens with zero attached hydrogens (tertiary/aromatic N) is 2. The molecule has 1 aliphatic heterocycles. The summed E-state index contributed by atoms with van der Waals surface area (Å²) in [4.78, 5) is 8.42. The first-order valence-electron chi connectivity index (χ1n) is 8.79. The van der Waals surface area contributed by atoms with Crippen LogP contribution in [0.4, 0.5) is 5.69 Å². The Morgan fingerprint density at radius 2 is 1.96 bits per heavy atom. The molecule has 0 amide bonds. The van der Waals surface area contributed by atoms with Gasteiger partial charge in [0.1, 0.15) is 0 Å². The number of fused-ring (bicyclic) bond motifs is 1. The Morgan fingerprint density at radius 3 is 2.73 bits per heavy atom. The lowest BCUT2D eigenvalue weighted by atomic mass is 10.1. The number of aliphatic hydroxyl groups is 1. The number of benzene rings is 1. The third-order valence-corrected chi connectivity index (χ3v) is 3.87. The summed E-state index contributed by atoms with van der Waals surface area (Å²) < 4.78 is 11.4. The number of pyridine rings is 1. The zero-order chi connectivity index (χ0) is 18.2. The molecular formula is C19H24N4O3. The van der Waals surface area contributed by atoms with Gasteiger partial charge in [-0.1, -0.05) is 0 Å². The minimum atomic E-state index is -0.683. The molecule has 3 N–H and O–H groups in total. The molecule has 1 aromatic carbocycles. The summed E-state index contributed by atoms with van der Waals surface area (Å²) in [5.41, 5.74) is 1.63. The third kappa shape index (κ3) is 4.86. The maximum atomic E-state index is 10.3. The van der Waals surface area contributed by atoms with Crippen LogP contribution in [0.5, 0.6) is 11.5 Å². The standard InChI is InChI=1S/C19H24N4O3/c1-2-21-19(22-13-16(24)14-6-8-20-9-7-14)23-15-4-5-17-18(12-15)26-11-3-10-25-17/h4-9,12,16,24H,2-3,10-11,13H2,1H3,(H2,21,22,23). The number of guanidine groups is 1. The highest BCUT2D eigenvalue weighted by Gasteiger charge is 2.12. The van der Waals surface area contributed by atoms with E-state index in [1.54, 1.807) is 24.5 Å². The topological polar surface area (TPSA) is 88.0 Å². The van der Waals surface area contributed by atoms with E-state index in [9.17, 15) is 5.11 Å². The van der Waals surface area contributed by atoms with E-state index in [4.69, 9.17) is 9.47 Å². The second-order valence-electron chi connectivity index (χ2n) is 5.85. The van der Waals surface area contributed by atoms with E-state index < -0.39 is 6.10 Å². The molecule has 138 valence electrons. The minimum Gasteiger partial charge on any atom is -0.490 e. The molecule has 1 atom stereocenters. The van der Waals surface area contributed by atoms with E-state index in [-0.39, 0.29) is 6.54 Å². The van der Waals surface area contributed by atoms with Gasteiger partial charge in [-0.05, 0) is 36.8 Å². The van der Waals surface area contributed by atoms with Crippen LogP contribution in [-0.4, -0.2) is 42.4 Å². The fraction of sp³-hybridized carbons (Fsp3) is 0.368. The minimum absolute atomic E-state index is 0.240. The van der Waals surface area contributed by atoms with Crippen LogP contribution in [0.2, 0.25) is 0 Å². The molecule has 0 radical (unpaired) electrons. The number of aliphatic hydroxyl groups excluding tert-OH is 1. The van der Waals surface area contributed by atoms with Crippen molar-refractivity contribution in [1.82, 2.24) is 10.3 Å². The lowest BCUT2D eigenvalue weighted by Gasteiger charge is -2.15. The summed E-state index contributed by atoms with van der Waals surface area (Å²) >= 11 is 0. The largest absolute Gasteiger partial charge is 0.490 e. The second-order valence-corrected chi connectivity index (χ2v) is 5.85. The maximum Gasteiger partial charge on any atom is 0.195 e. The van der Waals surface area contributed by atoms with Crippen molar-refractivity contribution in [3.05, 3.63) is 48.3 Å². The number of hydrogen-bond donors (Lipinski definition) is 3. The Morgan fingerprint density at radius 1 is 1.19 bits per heavy atom. The van der Waals surface area contributed by atoms with Crippen molar-refractivity contribution in [3.8, 4) is 11.5 Å². The zero-order valence-electron chi connectivity index (χ0n) is 14.8. The molecule has 0 bridgehead atoms. The predicted molar refractivity (Wildman–Crippen MR) is 101 cm³/mol. The highest BCUT2D eigenvalue weighted by molar-refractivity contribution is 5.93. The van der Waals surface area contributed by atoms with Crippen LogP contribution in [0.3, 0.4) is 0 Å². The molecule has 1 aromatic heterocycles. The van der Waals surface area contributed by atoms with E-state index in [2.05, 4.69) is 20.6 Å². The smallest absolute Gasteiger partial charge is 0.195 e. The highest BCUT2D eigenvalue weighted by Crippen LogP contribution is 2.32. The fourth-order valence-electron chi connectivity index (χ4n) is 2.55. The quantitative estimate of drug-likeness (QED) is 0.563. The van der Waals surface area contributed by atoms with E-state index in [0.29, 0.717) is 25.7 Å². The third-order valence-electron chi connectivity index (χ3n) is 3.87. The molecule has 7 nitrogen and oxygen atoms in total. The van der Waals surface area contributed by atoms with Gasteiger partial charge in [-0.2, -0.15) is 0 Å². The molecule has 0 saturated carbocycles. The normalized spacial score (nSPS) is 15.1. The molecule has 1 unspecified atom stereocenters. The van der Waals surface area contributed by atoms with Gasteiger partial charge < -0.3 is 25.2 Å². The van der Waals surface area contributed by atoms with Crippen molar-refractivity contribution < 1.29 is 14.6 Å². The van der Waals surface area contributed by atoms with Gasteiger partial charge in [-0.15, -0.1) is 0 Å². The lowest BCUT2D eigenvalue weighted by molar-refractivity contribution is 0.187. The van der Waals surface area contributed by atoms with Crippen molar-refractivity contribution in [2.24, 2.45) is 4.99 Å². The first-order valence-corrected chi connectivity index (χ1v) is 8.79. The Labute approximate surface area is 153 Å². The summed E-state index contributed by atoms with van der Waals surface area (Å²) in [7, 11) is 0. The van der Waals surface area contributed by atoms with Crippen molar-refractivity contribution in [2.75, 3.05) is 31.6 Å². The lowest BCUT2D eigenvalue weighted by Crippen LogP contribution is -2.31. The summed E-state index contributed by atoms with van der Waals surface area (Å²) in [6.07, 6.45) is 3.50. The number of nitrogens with one attached hydrogen (secondary N) is 2. The van der Waals surface area contributed by atoms with Crippen LogP contribution in [0.25, 0.3) is 0 Å². The molecule has 0 spiro atoms. The maximum absolute atomic E-state index is 10.3. The van der Waals surface area contributed by atoms with Crippen LogP contribution in [0, 0.1) is 0 Å².